The lowest BCUT2D eigenvalue weighted by Gasteiger charge is -2.33. The van der Waals surface area contributed by atoms with E-state index in [-0.39, 0.29) is 28.3 Å². The van der Waals surface area contributed by atoms with Crippen molar-refractivity contribution < 1.29 is 9.18 Å². The highest BCUT2D eigenvalue weighted by molar-refractivity contribution is 7.99. The van der Waals surface area contributed by atoms with Crippen LogP contribution in [-0.2, 0) is 10.2 Å². The van der Waals surface area contributed by atoms with E-state index >= 15 is 0 Å². The van der Waals surface area contributed by atoms with Gasteiger partial charge in [-0.3, -0.25) is 4.79 Å². The first-order valence-corrected chi connectivity index (χ1v) is 9.73. The van der Waals surface area contributed by atoms with Crippen LogP contribution in [0.5, 0.6) is 0 Å². The Hall–Kier alpha value is -2.02. The zero-order valence-electron chi connectivity index (χ0n) is 15.0. The second-order valence-electron chi connectivity index (χ2n) is 7.82. The Morgan fingerprint density at radius 1 is 1.27 bits per heavy atom. The Morgan fingerprint density at radius 2 is 2.00 bits per heavy atom. The number of thioether (sulfide) groups is 1. The molecule has 1 aromatic carbocycles. The second kappa shape index (κ2) is 6.01. The van der Waals surface area contributed by atoms with Gasteiger partial charge in [0.1, 0.15) is 5.82 Å². The topological polar surface area (TPSA) is 67.8 Å². The SMILES string of the molecule is CC1(C)[C@H]2CC[C@@]1(C)c1nc(SCC(=O)Nc3ccc(F)cc3)nnc12. The molecule has 136 valence electrons. The molecule has 1 amide bonds. The predicted molar refractivity (Wildman–Crippen MR) is 98.7 cm³/mol. The number of amides is 1. The number of hydrogen-bond donors (Lipinski definition) is 1. The quantitative estimate of drug-likeness (QED) is 0.824. The standard InChI is InChI=1S/C19H21FN4OS/c1-18(2)13-8-9-19(18,3)16-15(13)23-24-17(22-16)26-10-14(25)21-12-6-4-11(20)5-7-12/h4-7,13H,8-10H2,1-3H3,(H,21,25)/t13-,19-/m0/s1. The van der Waals surface area contributed by atoms with Gasteiger partial charge in [-0.2, -0.15) is 5.10 Å². The Morgan fingerprint density at radius 3 is 2.73 bits per heavy atom. The number of halogens is 1. The molecule has 2 aliphatic rings. The summed E-state index contributed by atoms with van der Waals surface area (Å²) in [5.41, 5.74) is 2.81. The van der Waals surface area contributed by atoms with E-state index in [0.29, 0.717) is 16.8 Å². The molecule has 2 bridgehead atoms. The van der Waals surface area contributed by atoms with Gasteiger partial charge in [0.25, 0.3) is 0 Å². The Bertz CT molecular complexity index is 870. The average molecular weight is 372 g/mol. The summed E-state index contributed by atoms with van der Waals surface area (Å²) in [5, 5.41) is 11.9. The minimum Gasteiger partial charge on any atom is -0.325 e. The highest BCUT2D eigenvalue weighted by Gasteiger charge is 2.61. The van der Waals surface area contributed by atoms with E-state index in [1.807, 2.05) is 0 Å². The number of carbonyl (C=O) groups is 1. The van der Waals surface area contributed by atoms with Crippen molar-refractivity contribution in [2.75, 3.05) is 11.1 Å². The summed E-state index contributed by atoms with van der Waals surface area (Å²) in [7, 11) is 0. The molecule has 1 fully saturated rings. The van der Waals surface area contributed by atoms with Crippen LogP contribution in [0.25, 0.3) is 0 Å². The van der Waals surface area contributed by atoms with Gasteiger partial charge >= 0.3 is 0 Å². The molecule has 26 heavy (non-hydrogen) atoms. The largest absolute Gasteiger partial charge is 0.325 e. The van der Waals surface area contributed by atoms with Crippen molar-refractivity contribution >= 4 is 23.4 Å². The second-order valence-corrected chi connectivity index (χ2v) is 8.76. The maximum Gasteiger partial charge on any atom is 0.234 e. The van der Waals surface area contributed by atoms with Crippen LogP contribution in [0, 0.1) is 11.2 Å². The molecule has 4 rings (SSSR count). The number of fused-ring (bicyclic) bond motifs is 5. The summed E-state index contributed by atoms with van der Waals surface area (Å²) >= 11 is 1.27. The zero-order chi connectivity index (χ0) is 18.5. The maximum atomic E-state index is 12.9. The fraction of sp³-hybridized carbons (Fsp3) is 0.474. The van der Waals surface area contributed by atoms with E-state index < -0.39 is 0 Å². The number of carbonyl (C=O) groups excluding carboxylic acids is 1. The van der Waals surface area contributed by atoms with Crippen LogP contribution in [-0.4, -0.2) is 26.8 Å². The van der Waals surface area contributed by atoms with E-state index in [1.54, 1.807) is 0 Å². The smallest absolute Gasteiger partial charge is 0.234 e. The fourth-order valence-electron chi connectivity index (χ4n) is 4.28. The van der Waals surface area contributed by atoms with Gasteiger partial charge in [-0.1, -0.05) is 32.5 Å². The molecule has 2 aromatic rings. The summed E-state index contributed by atoms with van der Waals surface area (Å²) < 4.78 is 12.9. The highest BCUT2D eigenvalue weighted by Crippen LogP contribution is 2.66. The molecule has 2 atom stereocenters. The Labute approximate surface area is 156 Å². The normalized spacial score (nSPS) is 25.2. The molecule has 1 aromatic heterocycles. The van der Waals surface area contributed by atoms with E-state index in [9.17, 15) is 9.18 Å². The van der Waals surface area contributed by atoms with Gasteiger partial charge in [0, 0.05) is 17.0 Å². The van der Waals surface area contributed by atoms with Crippen LogP contribution in [0.2, 0.25) is 0 Å². The molecule has 1 heterocycles. The third kappa shape index (κ3) is 2.60. The number of benzene rings is 1. The molecule has 2 aliphatic carbocycles. The van der Waals surface area contributed by atoms with Crippen molar-refractivity contribution in [1.82, 2.24) is 15.2 Å². The average Bonchev–Trinajstić information content (AvgIpc) is 2.94. The molecule has 0 spiro atoms. The summed E-state index contributed by atoms with van der Waals surface area (Å²) in [6.45, 7) is 6.84. The summed E-state index contributed by atoms with van der Waals surface area (Å²) in [4.78, 5) is 16.9. The number of nitrogens with one attached hydrogen (secondary N) is 1. The first-order chi connectivity index (χ1) is 12.3. The maximum absolute atomic E-state index is 12.9. The molecule has 5 nitrogen and oxygen atoms in total. The molecule has 0 aliphatic heterocycles. The van der Waals surface area contributed by atoms with Crippen LogP contribution in [0.1, 0.15) is 50.9 Å². The molecule has 0 unspecified atom stereocenters. The first kappa shape index (κ1) is 17.4. The number of rotatable bonds is 4. The Balaban J connectivity index is 1.45. The van der Waals surface area contributed by atoms with Crippen LogP contribution in [0.15, 0.2) is 29.4 Å². The molecule has 0 saturated heterocycles. The molecule has 7 heteroatoms. The van der Waals surface area contributed by atoms with Crippen LogP contribution >= 0.6 is 11.8 Å². The van der Waals surface area contributed by atoms with Crippen molar-refractivity contribution in [3.63, 3.8) is 0 Å². The zero-order valence-corrected chi connectivity index (χ0v) is 15.9. The molecular formula is C19H21FN4OS. The van der Waals surface area contributed by atoms with Crippen molar-refractivity contribution in [3.05, 3.63) is 41.5 Å². The van der Waals surface area contributed by atoms with E-state index in [1.165, 1.54) is 36.0 Å². The van der Waals surface area contributed by atoms with Crippen molar-refractivity contribution in [2.45, 2.75) is 50.1 Å². The van der Waals surface area contributed by atoms with E-state index in [4.69, 9.17) is 4.98 Å². The van der Waals surface area contributed by atoms with Crippen LogP contribution in [0.4, 0.5) is 10.1 Å². The van der Waals surface area contributed by atoms with Gasteiger partial charge in [0.05, 0.1) is 17.1 Å². The molecule has 1 N–H and O–H groups in total. The molecule has 0 radical (unpaired) electrons. The first-order valence-electron chi connectivity index (χ1n) is 8.74. The monoisotopic (exact) mass is 372 g/mol. The van der Waals surface area contributed by atoms with Crippen LogP contribution in [0.3, 0.4) is 0 Å². The summed E-state index contributed by atoms with van der Waals surface area (Å²) in [6.07, 6.45) is 2.25. The lowest BCUT2D eigenvalue weighted by atomic mass is 9.70. The van der Waals surface area contributed by atoms with E-state index in [0.717, 1.165) is 24.2 Å². The van der Waals surface area contributed by atoms with Crippen molar-refractivity contribution in [1.29, 1.82) is 0 Å². The van der Waals surface area contributed by atoms with Crippen LogP contribution < -0.4 is 5.32 Å². The van der Waals surface area contributed by atoms with Gasteiger partial charge in [0.2, 0.25) is 11.1 Å². The lowest BCUT2D eigenvalue weighted by molar-refractivity contribution is -0.113. The van der Waals surface area contributed by atoms with Gasteiger partial charge < -0.3 is 5.32 Å². The number of anilines is 1. The van der Waals surface area contributed by atoms with E-state index in [2.05, 4.69) is 36.3 Å². The third-order valence-corrected chi connectivity index (χ3v) is 7.07. The fourth-order valence-corrected chi connectivity index (χ4v) is 4.87. The summed E-state index contributed by atoms with van der Waals surface area (Å²) in [6, 6.07) is 5.69. The Kier molecular flexibility index (Phi) is 4.02. The summed E-state index contributed by atoms with van der Waals surface area (Å²) in [5.74, 6) is 0.0873. The highest BCUT2D eigenvalue weighted by atomic mass is 32.2. The minimum atomic E-state index is -0.333. The van der Waals surface area contributed by atoms with Crippen molar-refractivity contribution in [3.8, 4) is 0 Å². The van der Waals surface area contributed by atoms with Gasteiger partial charge in [0.15, 0.2) is 0 Å². The predicted octanol–water partition coefficient (Wildman–Crippen LogP) is 3.92. The third-order valence-electron chi connectivity index (χ3n) is 6.23. The number of nitrogens with zero attached hydrogens (tertiary/aromatic N) is 3. The number of hydrogen-bond acceptors (Lipinski definition) is 5. The molecular weight excluding hydrogens is 351 g/mol. The van der Waals surface area contributed by atoms with Gasteiger partial charge in [-0.05, 0) is 42.5 Å². The molecule has 1 saturated carbocycles. The minimum absolute atomic E-state index is 0.0224. The van der Waals surface area contributed by atoms with Gasteiger partial charge in [-0.15, -0.1) is 5.10 Å². The lowest BCUT2D eigenvalue weighted by Crippen LogP contribution is -2.32. The number of aromatic nitrogens is 3. The van der Waals surface area contributed by atoms with Gasteiger partial charge in [-0.25, -0.2) is 9.37 Å². The van der Waals surface area contributed by atoms with Crippen molar-refractivity contribution in [2.24, 2.45) is 5.41 Å².